The lowest BCUT2D eigenvalue weighted by molar-refractivity contribution is -0.117. The highest BCUT2D eigenvalue weighted by Gasteiger charge is 2.06. The van der Waals surface area contributed by atoms with Crippen molar-refractivity contribution in [3.05, 3.63) is 35.4 Å². The fourth-order valence-corrected chi connectivity index (χ4v) is 2.92. The summed E-state index contributed by atoms with van der Waals surface area (Å²) in [7, 11) is 1.76. The number of primary amides is 1. The molecule has 170 valence electrons. The number of carbonyl (C=O) groups excluding carboxylic acids is 2. The lowest BCUT2D eigenvalue weighted by atomic mass is 10.1. The Balaban J connectivity index is 0.00000841. The Kier molecular flexibility index (Phi) is 16.9. The van der Waals surface area contributed by atoms with E-state index in [1.165, 1.54) is 44.9 Å². The van der Waals surface area contributed by atoms with Crippen LogP contribution in [0.2, 0.25) is 0 Å². The Labute approximate surface area is 198 Å². The SMILES string of the molecule is CCCCCCCCCCNC(=NC)NCc1ccc(C(=O)NCC(N)=O)cc1.I. The predicted molar refractivity (Wildman–Crippen MR) is 134 cm³/mol. The minimum absolute atomic E-state index is 0. The van der Waals surface area contributed by atoms with E-state index < -0.39 is 5.91 Å². The first-order valence-corrected chi connectivity index (χ1v) is 10.7. The number of carbonyl (C=O) groups is 2. The fraction of sp³-hybridized carbons (Fsp3) is 0.591. The summed E-state index contributed by atoms with van der Waals surface area (Å²) in [4.78, 5) is 26.8. The summed E-state index contributed by atoms with van der Waals surface area (Å²) in [5.74, 6) is -0.104. The molecular weight excluding hydrogens is 493 g/mol. The van der Waals surface area contributed by atoms with E-state index in [9.17, 15) is 9.59 Å². The van der Waals surface area contributed by atoms with Crippen LogP contribution < -0.4 is 21.7 Å². The van der Waals surface area contributed by atoms with Crippen LogP contribution in [-0.4, -0.2) is 37.9 Å². The Morgan fingerprint density at radius 2 is 1.50 bits per heavy atom. The largest absolute Gasteiger partial charge is 0.368 e. The van der Waals surface area contributed by atoms with E-state index in [4.69, 9.17) is 5.73 Å². The third-order valence-corrected chi connectivity index (χ3v) is 4.65. The molecule has 1 rings (SSSR count). The normalized spacial score (nSPS) is 10.8. The molecule has 0 aliphatic carbocycles. The van der Waals surface area contributed by atoms with E-state index in [-0.39, 0.29) is 36.4 Å². The van der Waals surface area contributed by atoms with Crippen LogP contribution in [0.5, 0.6) is 0 Å². The van der Waals surface area contributed by atoms with Crippen molar-refractivity contribution in [3.8, 4) is 0 Å². The Bertz CT molecular complexity index is 635. The number of hydrogen-bond acceptors (Lipinski definition) is 3. The molecule has 0 bridgehead atoms. The minimum atomic E-state index is -0.565. The van der Waals surface area contributed by atoms with Gasteiger partial charge in [0, 0.05) is 25.7 Å². The molecule has 0 aliphatic rings. The van der Waals surface area contributed by atoms with Crippen molar-refractivity contribution < 1.29 is 9.59 Å². The van der Waals surface area contributed by atoms with Gasteiger partial charge in [0.15, 0.2) is 5.96 Å². The van der Waals surface area contributed by atoms with Crippen LogP contribution in [0.3, 0.4) is 0 Å². The molecule has 0 unspecified atom stereocenters. The lowest BCUT2D eigenvalue weighted by Crippen LogP contribution is -2.37. The molecule has 0 fully saturated rings. The number of nitrogens with one attached hydrogen (secondary N) is 3. The number of rotatable bonds is 14. The van der Waals surface area contributed by atoms with Crippen LogP contribution in [-0.2, 0) is 11.3 Å². The van der Waals surface area contributed by atoms with E-state index >= 15 is 0 Å². The van der Waals surface area contributed by atoms with Crippen LogP contribution in [0.15, 0.2) is 29.3 Å². The van der Waals surface area contributed by atoms with E-state index in [0.29, 0.717) is 12.1 Å². The molecule has 2 amide bonds. The topological polar surface area (TPSA) is 109 Å². The second kappa shape index (κ2) is 18.0. The van der Waals surface area contributed by atoms with Gasteiger partial charge in [0.1, 0.15) is 0 Å². The maximum atomic E-state index is 11.9. The third-order valence-electron chi connectivity index (χ3n) is 4.65. The summed E-state index contributed by atoms with van der Waals surface area (Å²) < 4.78 is 0. The van der Waals surface area contributed by atoms with Gasteiger partial charge in [0.25, 0.3) is 5.91 Å². The van der Waals surface area contributed by atoms with E-state index in [1.54, 1.807) is 19.2 Å². The van der Waals surface area contributed by atoms with E-state index in [2.05, 4.69) is 27.9 Å². The summed E-state index contributed by atoms with van der Waals surface area (Å²) in [5, 5.41) is 9.08. The molecule has 0 saturated heterocycles. The number of unbranched alkanes of at least 4 members (excludes halogenated alkanes) is 7. The van der Waals surface area contributed by atoms with Crippen LogP contribution >= 0.6 is 24.0 Å². The molecule has 0 atom stereocenters. The molecule has 0 saturated carbocycles. The fourth-order valence-electron chi connectivity index (χ4n) is 2.92. The van der Waals surface area contributed by atoms with Gasteiger partial charge in [-0.25, -0.2) is 0 Å². The number of nitrogens with two attached hydrogens (primary N) is 1. The molecule has 0 aromatic heterocycles. The van der Waals surface area contributed by atoms with Crippen molar-refractivity contribution >= 4 is 41.8 Å². The second-order valence-corrected chi connectivity index (χ2v) is 7.17. The average molecular weight is 531 g/mol. The first-order valence-electron chi connectivity index (χ1n) is 10.7. The number of amides is 2. The number of halogens is 1. The van der Waals surface area contributed by atoms with Gasteiger partial charge in [-0.3, -0.25) is 14.6 Å². The minimum Gasteiger partial charge on any atom is -0.368 e. The summed E-state index contributed by atoms with van der Waals surface area (Å²) in [6.07, 6.45) is 10.4. The van der Waals surface area contributed by atoms with Gasteiger partial charge in [-0.1, -0.05) is 64.0 Å². The van der Waals surface area contributed by atoms with Crippen molar-refractivity contribution in [2.24, 2.45) is 10.7 Å². The monoisotopic (exact) mass is 531 g/mol. The number of guanidine groups is 1. The van der Waals surface area contributed by atoms with Gasteiger partial charge >= 0.3 is 0 Å². The Morgan fingerprint density at radius 3 is 2.07 bits per heavy atom. The highest BCUT2D eigenvalue weighted by molar-refractivity contribution is 14.0. The van der Waals surface area contributed by atoms with Gasteiger partial charge in [-0.2, -0.15) is 0 Å². The molecule has 8 heteroatoms. The number of nitrogens with zero attached hydrogens (tertiary/aromatic N) is 1. The Morgan fingerprint density at radius 1 is 0.900 bits per heavy atom. The Hall–Kier alpha value is -1.84. The maximum absolute atomic E-state index is 11.9. The van der Waals surface area contributed by atoms with Crippen molar-refractivity contribution in [2.75, 3.05) is 20.1 Å². The molecule has 1 aromatic rings. The summed E-state index contributed by atoms with van der Waals surface area (Å²) >= 11 is 0. The zero-order valence-electron chi connectivity index (χ0n) is 18.3. The first-order chi connectivity index (χ1) is 14.1. The summed E-state index contributed by atoms with van der Waals surface area (Å²) in [5.41, 5.74) is 6.55. The van der Waals surface area contributed by atoms with Crippen LogP contribution in [0.1, 0.15) is 74.2 Å². The molecule has 7 nitrogen and oxygen atoms in total. The molecular formula is C22H38IN5O2. The molecule has 30 heavy (non-hydrogen) atoms. The molecule has 0 radical (unpaired) electrons. The molecule has 5 N–H and O–H groups in total. The number of benzene rings is 1. The summed E-state index contributed by atoms with van der Waals surface area (Å²) in [6.45, 7) is 3.60. The average Bonchev–Trinajstić information content (AvgIpc) is 2.73. The van der Waals surface area contributed by atoms with Crippen molar-refractivity contribution in [1.29, 1.82) is 0 Å². The predicted octanol–water partition coefficient (Wildman–Crippen LogP) is 3.33. The van der Waals surface area contributed by atoms with Crippen molar-refractivity contribution in [1.82, 2.24) is 16.0 Å². The van der Waals surface area contributed by atoms with Gasteiger partial charge in [0.05, 0.1) is 6.54 Å². The quantitative estimate of drug-likeness (QED) is 0.128. The number of aliphatic imine (C=N–C) groups is 1. The number of hydrogen-bond donors (Lipinski definition) is 4. The zero-order chi connectivity index (χ0) is 21.3. The lowest BCUT2D eigenvalue weighted by Gasteiger charge is -2.12. The van der Waals surface area contributed by atoms with Crippen LogP contribution in [0.25, 0.3) is 0 Å². The molecule has 0 aliphatic heterocycles. The van der Waals surface area contributed by atoms with Gasteiger partial charge in [-0.05, 0) is 24.1 Å². The highest BCUT2D eigenvalue weighted by Crippen LogP contribution is 2.08. The van der Waals surface area contributed by atoms with E-state index in [0.717, 1.165) is 24.5 Å². The highest BCUT2D eigenvalue weighted by atomic mass is 127. The van der Waals surface area contributed by atoms with E-state index in [1.807, 2.05) is 12.1 Å². The smallest absolute Gasteiger partial charge is 0.251 e. The van der Waals surface area contributed by atoms with Gasteiger partial charge in [-0.15, -0.1) is 24.0 Å². The third kappa shape index (κ3) is 13.4. The van der Waals surface area contributed by atoms with Crippen LogP contribution in [0.4, 0.5) is 0 Å². The zero-order valence-corrected chi connectivity index (χ0v) is 20.7. The summed E-state index contributed by atoms with van der Waals surface area (Å²) in [6, 6.07) is 7.20. The maximum Gasteiger partial charge on any atom is 0.251 e. The van der Waals surface area contributed by atoms with Gasteiger partial charge in [0.2, 0.25) is 5.91 Å². The van der Waals surface area contributed by atoms with Crippen molar-refractivity contribution in [3.63, 3.8) is 0 Å². The molecule has 0 heterocycles. The second-order valence-electron chi connectivity index (χ2n) is 7.17. The standard InChI is InChI=1S/C22H37N5O2.HI/c1-3-4-5-6-7-8-9-10-15-25-22(24-2)27-16-18-11-13-19(14-12-18)21(29)26-17-20(23)28;/h11-14H,3-10,15-17H2,1-2H3,(H2,23,28)(H,26,29)(H2,24,25,27);1H. The van der Waals surface area contributed by atoms with Crippen LogP contribution in [0, 0.1) is 0 Å². The first kappa shape index (κ1) is 28.2. The molecule has 0 spiro atoms. The molecule has 1 aromatic carbocycles. The van der Waals surface area contributed by atoms with Crippen molar-refractivity contribution in [2.45, 2.75) is 64.8 Å². The van der Waals surface area contributed by atoms with Gasteiger partial charge < -0.3 is 21.7 Å².